The second-order valence-electron chi connectivity index (χ2n) is 12.2. The normalized spacial score (nSPS) is 20.4. The monoisotopic (exact) mass is 560 g/mol. The van der Waals surface area contributed by atoms with Crippen molar-refractivity contribution in [2.24, 2.45) is 5.41 Å². The second-order valence-corrected chi connectivity index (χ2v) is 13.1. The van der Waals surface area contributed by atoms with Crippen molar-refractivity contribution in [2.75, 3.05) is 0 Å². The maximum atomic E-state index is 7.39. The molecule has 0 N–H and O–H groups in total. The lowest BCUT2D eigenvalue weighted by Gasteiger charge is -2.47. The van der Waals surface area contributed by atoms with Crippen LogP contribution in [0.5, 0.6) is 0 Å². The molecule has 0 bridgehead atoms. The summed E-state index contributed by atoms with van der Waals surface area (Å²) in [7, 11) is 0. The zero-order valence-electron chi connectivity index (χ0n) is 23.6. The Labute approximate surface area is 248 Å². The molecule has 1 saturated carbocycles. The van der Waals surface area contributed by atoms with Crippen LogP contribution in [0, 0.1) is 33.1 Å². The molecule has 3 aliphatic carbocycles. The highest BCUT2D eigenvalue weighted by Crippen LogP contribution is 2.65. The second kappa shape index (κ2) is 9.51. The van der Waals surface area contributed by atoms with Gasteiger partial charge in [-0.3, -0.25) is 0 Å². The Morgan fingerprint density at radius 2 is 0.975 bits per heavy atom. The van der Waals surface area contributed by atoms with E-state index >= 15 is 0 Å². The van der Waals surface area contributed by atoms with E-state index in [2.05, 4.69) is 113 Å². The van der Waals surface area contributed by atoms with Gasteiger partial charge >= 0.3 is 0 Å². The summed E-state index contributed by atoms with van der Waals surface area (Å²) in [6.07, 6.45) is 8.21. The van der Waals surface area contributed by atoms with Crippen molar-refractivity contribution in [3.05, 3.63) is 128 Å². The highest BCUT2D eigenvalue weighted by atomic mass is 35.5. The minimum absolute atomic E-state index is 0.101. The predicted octanol–water partition coefficient (Wildman–Crippen LogP) is 11.5. The van der Waals surface area contributed by atoms with Gasteiger partial charge in [-0.1, -0.05) is 114 Å². The molecular formula is C38H34Cl2. The first-order chi connectivity index (χ1) is 19.2. The van der Waals surface area contributed by atoms with Crippen LogP contribution in [0.2, 0.25) is 0 Å². The molecule has 0 aliphatic heterocycles. The van der Waals surface area contributed by atoms with Crippen molar-refractivity contribution in [1.29, 1.82) is 0 Å². The number of benzene rings is 4. The first-order valence-corrected chi connectivity index (χ1v) is 15.3. The number of hydrogen-bond acceptors (Lipinski definition) is 0. The van der Waals surface area contributed by atoms with E-state index in [1.54, 1.807) is 0 Å². The molecule has 4 aromatic carbocycles. The van der Waals surface area contributed by atoms with Crippen LogP contribution in [-0.4, -0.2) is 0 Å². The van der Waals surface area contributed by atoms with Crippen LogP contribution in [0.1, 0.15) is 74.5 Å². The molecule has 0 heterocycles. The lowest BCUT2D eigenvalue weighted by atomic mass is 9.58. The summed E-state index contributed by atoms with van der Waals surface area (Å²) in [6, 6.07) is 26.9. The average molecular weight is 562 g/mol. The third-order valence-corrected chi connectivity index (χ3v) is 10.3. The van der Waals surface area contributed by atoms with Gasteiger partial charge in [0.05, 0.1) is 10.8 Å². The minimum Gasteiger partial charge on any atom is -0.113 e. The number of allylic oxidation sites excluding steroid dienone is 2. The minimum atomic E-state index is -0.145. The van der Waals surface area contributed by atoms with Crippen molar-refractivity contribution in [3.63, 3.8) is 0 Å². The SMILES string of the molecule is Cc1cc(C)cc(-c2cccc3c2C=C(C2(C4=Cc5c(-c6cc(C)cc(C)c6)cccc5C4Cl)CCC2)C3Cl)c1. The fourth-order valence-electron chi connectivity index (χ4n) is 7.52. The molecule has 0 amide bonds. The zero-order valence-corrected chi connectivity index (χ0v) is 25.1. The topological polar surface area (TPSA) is 0 Å². The zero-order chi connectivity index (χ0) is 27.8. The Morgan fingerprint density at radius 3 is 1.32 bits per heavy atom. The van der Waals surface area contributed by atoms with Crippen LogP contribution in [0.25, 0.3) is 34.4 Å². The van der Waals surface area contributed by atoms with Crippen LogP contribution >= 0.6 is 23.2 Å². The number of aryl methyl sites for hydroxylation is 4. The van der Waals surface area contributed by atoms with Gasteiger partial charge in [0.15, 0.2) is 0 Å². The van der Waals surface area contributed by atoms with Gasteiger partial charge in [0.2, 0.25) is 0 Å². The average Bonchev–Trinajstić information content (AvgIpc) is 3.40. The summed E-state index contributed by atoms with van der Waals surface area (Å²) in [6.45, 7) is 8.69. The van der Waals surface area contributed by atoms with E-state index in [4.69, 9.17) is 23.2 Å². The highest BCUT2D eigenvalue weighted by Gasteiger charge is 2.51. The first kappa shape index (κ1) is 25.9. The third kappa shape index (κ3) is 3.95. The van der Waals surface area contributed by atoms with Gasteiger partial charge < -0.3 is 0 Å². The molecule has 4 aromatic rings. The molecule has 2 heteroatoms. The van der Waals surface area contributed by atoms with Crippen LogP contribution in [0.3, 0.4) is 0 Å². The summed E-state index contributed by atoms with van der Waals surface area (Å²) in [5.74, 6) is 0. The van der Waals surface area contributed by atoms with Gasteiger partial charge in [-0.05, 0) is 96.2 Å². The van der Waals surface area contributed by atoms with Gasteiger partial charge in [-0.25, -0.2) is 0 Å². The molecule has 0 saturated heterocycles. The number of rotatable bonds is 4. The molecule has 2 unspecified atom stereocenters. The molecule has 0 radical (unpaired) electrons. The smallest absolute Gasteiger partial charge is 0.0813 e. The largest absolute Gasteiger partial charge is 0.113 e. The van der Waals surface area contributed by atoms with Crippen molar-refractivity contribution in [1.82, 2.24) is 0 Å². The van der Waals surface area contributed by atoms with E-state index in [-0.39, 0.29) is 16.2 Å². The first-order valence-electron chi connectivity index (χ1n) is 14.4. The molecule has 0 spiro atoms. The van der Waals surface area contributed by atoms with Crippen LogP contribution in [0.4, 0.5) is 0 Å². The third-order valence-electron chi connectivity index (χ3n) is 9.35. The Morgan fingerprint density at radius 1 is 0.575 bits per heavy atom. The predicted molar refractivity (Wildman–Crippen MR) is 172 cm³/mol. The highest BCUT2D eigenvalue weighted by molar-refractivity contribution is 6.26. The van der Waals surface area contributed by atoms with Gasteiger partial charge in [0, 0.05) is 5.41 Å². The summed E-state index contributed by atoms with van der Waals surface area (Å²) in [5, 5.41) is -0.290. The van der Waals surface area contributed by atoms with Crippen LogP contribution < -0.4 is 0 Å². The molecule has 7 rings (SSSR count). The van der Waals surface area contributed by atoms with Crippen LogP contribution in [-0.2, 0) is 0 Å². The van der Waals surface area contributed by atoms with Crippen molar-refractivity contribution in [2.45, 2.75) is 57.7 Å². The Bertz CT molecular complexity index is 1580. The number of alkyl halides is 2. The van der Waals surface area contributed by atoms with E-state index in [0.717, 1.165) is 12.8 Å². The summed E-state index contributed by atoms with van der Waals surface area (Å²) >= 11 is 14.8. The molecule has 200 valence electrons. The van der Waals surface area contributed by atoms with E-state index in [9.17, 15) is 0 Å². The van der Waals surface area contributed by atoms with Gasteiger partial charge in [-0.15, -0.1) is 23.2 Å². The van der Waals surface area contributed by atoms with E-state index in [1.165, 1.54) is 84.3 Å². The Kier molecular flexibility index (Phi) is 6.15. The van der Waals surface area contributed by atoms with Crippen molar-refractivity contribution >= 4 is 35.4 Å². The molecule has 3 aliphatic rings. The fourth-order valence-corrected chi connectivity index (χ4v) is 8.45. The summed E-state index contributed by atoms with van der Waals surface area (Å²) < 4.78 is 0. The lowest BCUT2D eigenvalue weighted by Crippen LogP contribution is -2.35. The molecule has 40 heavy (non-hydrogen) atoms. The van der Waals surface area contributed by atoms with E-state index in [1.807, 2.05) is 0 Å². The van der Waals surface area contributed by atoms with Crippen molar-refractivity contribution in [3.8, 4) is 22.3 Å². The molecule has 2 atom stereocenters. The lowest BCUT2D eigenvalue weighted by molar-refractivity contribution is 0.233. The molecule has 1 fully saturated rings. The van der Waals surface area contributed by atoms with Gasteiger partial charge in [-0.2, -0.15) is 0 Å². The number of halogens is 2. The van der Waals surface area contributed by atoms with Gasteiger partial charge in [0.25, 0.3) is 0 Å². The van der Waals surface area contributed by atoms with E-state index in [0.29, 0.717) is 0 Å². The maximum absolute atomic E-state index is 7.39. The Hall–Kier alpha value is -3.06. The summed E-state index contributed by atoms with van der Waals surface area (Å²) in [4.78, 5) is 0. The standard InChI is InChI=1S/C38H34Cl2/c1-22-14-23(2)17-26(16-22)28-8-5-10-30-32(28)20-34(36(30)39)38(12-7-13-38)35-21-33-29(9-6-11-31(33)37(35)40)27-18-24(3)15-25(4)19-27/h5-6,8-11,14-21,36-37H,7,12-13H2,1-4H3. The quantitative estimate of drug-likeness (QED) is 0.217. The number of hydrogen-bond donors (Lipinski definition) is 0. The Balaban J connectivity index is 1.35. The van der Waals surface area contributed by atoms with Crippen LogP contribution in [0.15, 0.2) is 83.9 Å². The molecular weight excluding hydrogens is 527 g/mol. The summed E-state index contributed by atoms with van der Waals surface area (Å²) in [5.41, 5.74) is 17.7. The molecule has 0 aromatic heterocycles. The number of fused-ring (bicyclic) bond motifs is 2. The fraction of sp³-hybridized carbons (Fsp3) is 0.263. The van der Waals surface area contributed by atoms with Gasteiger partial charge in [0.1, 0.15) is 0 Å². The van der Waals surface area contributed by atoms with E-state index < -0.39 is 0 Å². The van der Waals surface area contributed by atoms with Crippen molar-refractivity contribution < 1.29 is 0 Å². The maximum Gasteiger partial charge on any atom is 0.0813 e. The molecule has 0 nitrogen and oxygen atoms in total.